The highest BCUT2D eigenvalue weighted by Gasteiger charge is 2.13. The lowest BCUT2D eigenvalue weighted by molar-refractivity contribution is 0.191. The summed E-state index contributed by atoms with van der Waals surface area (Å²) in [7, 11) is 0. The highest BCUT2D eigenvalue weighted by atomic mass is 16.3. The van der Waals surface area contributed by atoms with Gasteiger partial charge in [-0.1, -0.05) is 30.3 Å². The highest BCUT2D eigenvalue weighted by Crippen LogP contribution is 2.24. The van der Waals surface area contributed by atoms with Gasteiger partial charge < -0.3 is 10.4 Å². The molecule has 1 atom stereocenters. The molecule has 0 saturated heterocycles. The lowest BCUT2D eigenvalue weighted by Gasteiger charge is -2.16. The molecule has 0 radical (unpaired) electrons. The topological polar surface area (TPSA) is 83.8 Å². The van der Waals surface area contributed by atoms with Crippen molar-refractivity contribution in [2.45, 2.75) is 13.0 Å². The Labute approximate surface area is 169 Å². The van der Waals surface area contributed by atoms with Crippen LogP contribution in [0.25, 0.3) is 22.8 Å². The summed E-state index contributed by atoms with van der Waals surface area (Å²) >= 11 is 0. The first-order valence-corrected chi connectivity index (χ1v) is 9.39. The predicted molar refractivity (Wildman–Crippen MR) is 113 cm³/mol. The molecule has 29 heavy (non-hydrogen) atoms. The number of rotatable bonds is 6. The summed E-state index contributed by atoms with van der Waals surface area (Å²) in [6.45, 7) is 2.32. The fourth-order valence-electron chi connectivity index (χ4n) is 3.08. The zero-order chi connectivity index (χ0) is 20.1. The first-order chi connectivity index (χ1) is 14.2. The van der Waals surface area contributed by atoms with E-state index in [1.54, 1.807) is 18.6 Å². The van der Waals surface area contributed by atoms with E-state index in [1.165, 1.54) is 0 Å². The van der Waals surface area contributed by atoms with Crippen LogP contribution in [0.5, 0.6) is 0 Å². The minimum Gasteiger partial charge on any atom is -0.387 e. The van der Waals surface area contributed by atoms with E-state index in [9.17, 15) is 5.11 Å². The van der Waals surface area contributed by atoms with Crippen molar-refractivity contribution in [1.29, 1.82) is 0 Å². The van der Waals surface area contributed by atoms with E-state index in [1.807, 2.05) is 67.6 Å². The van der Waals surface area contributed by atoms with Crippen LogP contribution in [0.3, 0.4) is 0 Å². The molecular weight excluding hydrogens is 362 g/mol. The number of benzene rings is 1. The van der Waals surface area contributed by atoms with Gasteiger partial charge in [0.05, 0.1) is 11.8 Å². The van der Waals surface area contributed by atoms with Crippen molar-refractivity contribution >= 4 is 5.82 Å². The largest absolute Gasteiger partial charge is 0.387 e. The quantitative estimate of drug-likeness (QED) is 0.522. The standard InChI is InChI=1S/C23H21N5O/c1-16-7-2-3-9-18(16)21(29)15-26-22-13-20(17-8-6-11-24-14-17)27-23(28-22)19-10-4-5-12-25-19/h2-14,21,29H,15H2,1H3,(H,26,27,28). The molecule has 0 spiro atoms. The Balaban J connectivity index is 1.64. The number of pyridine rings is 2. The van der Waals surface area contributed by atoms with Crippen LogP contribution in [-0.4, -0.2) is 31.6 Å². The fraction of sp³-hybridized carbons (Fsp3) is 0.130. The molecule has 3 aromatic heterocycles. The summed E-state index contributed by atoms with van der Waals surface area (Å²) in [6.07, 6.45) is 4.55. The minimum absolute atomic E-state index is 0.329. The molecule has 1 aromatic carbocycles. The number of nitrogens with one attached hydrogen (secondary N) is 1. The molecule has 0 aliphatic heterocycles. The van der Waals surface area contributed by atoms with Crippen molar-refractivity contribution in [3.05, 3.63) is 90.4 Å². The third kappa shape index (κ3) is 4.44. The zero-order valence-corrected chi connectivity index (χ0v) is 16.0. The van der Waals surface area contributed by atoms with Gasteiger partial charge in [0.25, 0.3) is 0 Å². The molecule has 0 saturated carbocycles. The van der Waals surface area contributed by atoms with Crippen LogP contribution >= 0.6 is 0 Å². The van der Waals surface area contributed by atoms with Gasteiger partial charge in [-0.15, -0.1) is 0 Å². The van der Waals surface area contributed by atoms with Crippen molar-refractivity contribution in [2.75, 3.05) is 11.9 Å². The lowest BCUT2D eigenvalue weighted by Crippen LogP contribution is -2.14. The summed E-state index contributed by atoms with van der Waals surface area (Å²) in [5.41, 5.74) is 4.25. The summed E-state index contributed by atoms with van der Waals surface area (Å²) in [6, 6.07) is 19.1. The Hall–Kier alpha value is -3.64. The van der Waals surface area contributed by atoms with Crippen LogP contribution in [0, 0.1) is 6.92 Å². The van der Waals surface area contributed by atoms with Gasteiger partial charge in [-0.2, -0.15) is 0 Å². The highest BCUT2D eigenvalue weighted by molar-refractivity contribution is 5.65. The molecule has 0 fully saturated rings. The molecule has 6 heteroatoms. The van der Waals surface area contributed by atoms with E-state index in [0.717, 1.165) is 22.4 Å². The first-order valence-electron chi connectivity index (χ1n) is 9.39. The van der Waals surface area contributed by atoms with Gasteiger partial charge in [0, 0.05) is 36.8 Å². The van der Waals surface area contributed by atoms with E-state index in [2.05, 4.69) is 25.3 Å². The van der Waals surface area contributed by atoms with Gasteiger partial charge in [-0.3, -0.25) is 9.97 Å². The van der Waals surface area contributed by atoms with Gasteiger partial charge in [0.1, 0.15) is 11.5 Å². The van der Waals surface area contributed by atoms with Gasteiger partial charge in [0.2, 0.25) is 0 Å². The Bertz CT molecular complexity index is 1030. The van der Waals surface area contributed by atoms with Gasteiger partial charge in [-0.25, -0.2) is 9.97 Å². The second-order valence-electron chi connectivity index (χ2n) is 6.67. The number of aromatic nitrogens is 4. The average Bonchev–Trinajstić information content (AvgIpc) is 2.79. The van der Waals surface area contributed by atoms with Crippen molar-refractivity contribution in [3.8, 4) is 22.8 Å². The number of hydrogen-bond donors (Lipinski definition) is 2. The van der Waals surface area contributed by atoms with Crippen LogP contribution in [0.15, 0.2) is 79.3 Å². The maximum atomic E-state index is 10.6. The normalized spacial score (nSPS) is 11.8. The fourth-order valence-corrected chi connectivity index (χ4v) is 3.08. The van der Waals surface area contributed by atoms with E-state index < -0.39 is 6.10 Å². The molecule has 2 N–H and O–H groups in total. The maximum Gasteiger partial charge on any atom is 0.180 e. The first kappa shape index (κ1) is 18.7. The molecule has 0 amide bonds. The van der Waals surface area contributed by atoms with Gasteiger partial charge in [0.15, 0.2) is 5.82 Å². The van der Waals surface area contributed by atoms with Crippen LogP contribution in [0.2, 0.25) is 0 Å². The van der Waals surface area contributed by atoms with Gasteiger partial charge in [-0.05, 0) is 42.3 Å². The average molecular weight is 383 g/mol. The molecule has 4 aromatic rings. The number of aryl methyl sites for hydroxylation is 1. The Morgan fingerprint density at radius 1 is 0.931 bits per heavy atom. The monoisotopic (exact) mass is 383 g/mol. The zero-order valence-electron chi connectivity index (χ0n) is 16.0. The molecule has 0 aliphatic rings. The summed E-state index contributed by atoms with van der Waals surface area (Å²) in [5, 5.41) is 13.8. The second-order valence-corrected chi connectivity index (χ2v) is 6.67. The van der Waals surface area contributed by atoms with E-state index in [4.69, 9.17) is 0 Å². The summed E-state index contributed by atoms with van der Waals surface area (Å²) < 4.78 is 0. The Morgan fingerprint density at radius 2 is 1.79 bits per heavy atom. The van der Waals surface area contributed by atoms with Gasteiger partial charge >= 0.3 is 0 Å². The van der Waals surface area contributed by atoms with E-state index in [-0.39, 0.29) is 0 Å². The minimum atomic E-state index is -0.647. The molecule has 6 nitrogen and oxygen atoms in total. The number of aliphatic hydroxyl groups is 1. The number of aliphatic hydroxyl groups excluding tert-OH is 1. The van der Waals surface area contributed by atoms with Crippen molar-refractivity contribution in [3.63, 3.8) is 0 Å². The van der Waals surface area contributed by atoms with Crippen molar-refractivity contribution in [2.24, 2.45) is 0 Å². The van der Waals surface area contributed by atoms with Crippen molar-refractivity contribution in [1.82, 2.24) is 19.9 Å². The van der Waals surface area contributed by atoms with Crippen LogP contribution in [-0.2, 0) is 0 Å². The molecule has 4 rings (SSSR count). The van der Waals surface area contributed by atoms with Crippen LogP contribution in [0.1, 0.15) is 17.2 Å². The third-order valence-corrected chi connectivity index (χ3v) is 4.60. The number of hydrogen-bond acceptors (Lipinski definition) is 6. The van der Waals surface area contributed by atoms with E-state index >= 15 is 0 Å². The maximum absolute atomic E-state index is 10.6. The third-order valence-electron chi connectivity index (χ3n) is 4.60. The molecule has 1 unspecified atom stereocenters. The molecule has 3 heterocycles. The Morgan fingerprint density at radius 3 is 2.55 bits per heavy atom. The summed E-state index contributed by atoms with van der Waals surface area (Å²) in [5.74, 6) is 1.13. The van der Waals surface area contributed by atoms with Crippen LogP contribution < -0.4 is 5.32 Å². The van der Waals surface area contributed by atoms with E-state index in [0.29, 0.717) is 23.9 Å². The second kappa shape index (κ2) is 8.58. The van der Waals surface area contributed by atoms with Crippen molar-refractivity contribution < 1.29 is 5.11 Å². The SMILES string of the molecule is Cc1ccccc1C(O)CNc1cc(-c2cccnc2)nc(-c2ccccn2)n1. The van der Waals surface area contributed by atoms with Crippen LogP contribution in [0.4, 0.5) is 5.82 Å². The molecule has 144 valence electrons. The number of nitrogens with zero attached hydrogens (tertiary/aromatic N) is 4. The smallest absolute Gasteiger partial charge is 0.180 e. The molecule has 0 aliphatic carbocycles. The Kier molecular flexibility index (Phi) is 5.54. The molecule has 0 bridgehead atoms. The summed E-state index contributed by atoms with van der Waals surface area (Å²) in [4.78, 5) is 17.8. The predicted octanol–water partition coefficient (Wildman–Crippen LogP) is 4.05. The lowest BCUT2D eigenvalue weighted by atomic mass is 10.0. The molecular formula is C23H21N5O. The number of anilines is 1.